The van der Waals surface area contributed by atoms with E-state index < -0.39 is 6.10 Å². The maximum absolute atomic E-state index is 10.2. The molecule has 0 heterocycles. The molecular weight excluding hydrogens is 299 g/mol. The summed E-state index contributed by atoms with van der Waals surface area (Å²) >= 11 is 13.6. The Morgan fingerprint density at radius 3 is 2.63 bits per heavy atom. The zero-order valence-corrected chi connectivity index (χ0v) is 12.8. The van der Waals surface area contributed by atoms with Gasteiger partial charge in [-0.3, -0.25) is 0 Å². The Hall–Kier alpha value is -0.670. The number of halogens is 2. The van der Waals surface area contributed by atoms with Crippen LogP contribution in [0, 0.1) is 6.92 Å². The number of thioether (sulfide) groups is 1. The van der Waals surface area contributed by atoms with Crippen molar-refractivity contribution in [1.29, 1.82) is 0 Å². The van der Waals surface area contributed by atoms with E-state index in [1.54, 1.807) is 30.0 Å². The summed E-state index contributed by atoms with van der Waals surface area (Å²) in [6.45, 7) is 2.06. The van der Waals surface area contributed by atoms with Gasteiger partial charge in [0, 0.05) is 26.3 Å². The summed E-state index contributed by atoms with van der Waals surface area (Å²) in [4.78, 5) is 1.17. The van der Waals surface area contributed by atoms with Crippen molar-refractivity contribution in [3.8, 4) is 0 Å². The first kappa shape index (κ1) is 14.7. The quantitative estimate of drug-likeness (QED) is 0.790. The lowest BCUT2D eigenvalue weighted by molar-refractivity contribution is 0.204. The van der Waals surface area contributed by atoms with Crippen molar-refractivity contribution in [3.63, 3.8) is 0 Å². The van der Waals surface area contributed by atoms with Crippen molar-refractivity contribution < 1.29 is 5.11 Å². The summed E-state index contributed by atoms with van der Waals surface area (Å²) in [5.74, 6) is 0.547. The van der Waals surface area contributed by atoms with E-state index in [-0.39, 0.29) is 0 Å². The molecule has 0 saturated heterocycles. The van der Waals surface area contributed by atoms with Gasteiger partial charge in [0.2, 0.25) is 0 Å². The van der Waals surface area contributed by atoms with E-state index >= 15 is 0 Å². The van der Waals surface area contributed by atoms with Crippen LogP contribution in [0.15, 0.2) is 47.4 Å². The summed E-state index contributed by atoms with van der Waals surface area (Å²) < 4.78 is 0. The predicted octanol–water partition coefficient (Wildman–Crippen LogP) is 5.13. The molecule has 0 fully saturated rings. The van der Waals surface area contributed by atoms with E-state index in [2.05, 4.69) is 13.0 Å². The summed E-state index contributed by atoms with van der Waals surface area (Å²) in [6.07, 6.45) is -0.629. The number of aryl methyl sites for hydroxylation is 1. The Morgan fingerprint density at radius 1 is 1.16 bits per heavy atom. The van der Waals surface area contributed by atoms with Crippen LogP contribution in [0.4, 0.5) is 0 Å². The predicted molar refractivity (Wildman–Crippen MR) is 83.3 cm³/mol. The smallest absolute Gasteiger partial charge is 0.0898 e. The normalized spacial score (nSPS) is 12.4. The van der Waals surface area contributed by atoms with Crippen molar-refractivity contribution in [2.75, 3.05) is 5.75 Å². The van der Waals surface area contributed by atoms with Crippen LogP contribution in [-0.2, 0) is 0 Å². The molecule has 0 aliphatic heterocycles. The van der Waals surface area contributed by atoms with Gasteiger partial charge >= 0.3 is 0 Å². The van der Waals surface area contributed by atoms with Gasteiger partial charge in [0.1, 0.15) is 0 Å². The molecule has 4 heteroatoms. The number of rotatable bonds is 4. The molecule has 0 radical (unpaired) electrons. The molecule has 100 valence electrons. The lowest BCUT2D eigenvalue weighted by Gasteiger charge is -2.13. The summed E-state index contributed by atoms with van der Waals surface area (Å²) in [5.41, 5.74) is 1.88. The van der Waals surface area contributed by atoms with Gasteiger partial charge in [-0.1, -0.05) is 41.4 Å². The topological polar surface area (TPSA) is 20.2 Å². The third-order valence-electron chi connectivity index (χ3n) is 2.81. The second-order valence-electron chi connectivity index (χ2n) is 4.26. The number of hydrogen-bond donors (Lipinski definition) is 1. The molecule has 0 bridgehead atoms. The third kappa shape index (κ3) is 3.90. The van der Waals surface area contributed by atoms with E-state index in [0.29, 0.717) is 21.4 Å². The molecule has 0 spiro atoms. The van der Waals surface area contributed by atoms with Gasteiger partial charge in [0.05, 0.1) is 6.10 Å². The summed E-state index contributed by atoms with van der Waals surface area (Å²) in [6, 6.07) is 13.2. The fourth-order valence-electron chi connectivity index (χ4n) is 1.75. The highest BCUT2D eigenvalue weighted by atomic mass is 35.5. The highest BCUT2D eigenvalue weighted by Crippen LogP contribution is 2.31. The van der Waals surface area contributed by atoms with Gasteiger partial charge in [0.15, 0.2) is 0 Å². The SMILES string of the molecule is Cc1ccccc1SCC(O)c1cc(Cl)ccc1Cl. The average molecular weight is 313 g/mol. The van der Waals surface area contributed by atoms with Crippen molar-refractivity contribution in [1.82, 2.24) is 0 Å². The molecule has 0 aliphatic carbocycles. The average Bonchev–Trinajstić information content (AvgIpc) is 2.40. The molecular formula is C15H14Cl2OS. The fourth-order valence-corrected chi connectivity index (χ4v) is 3.16. The highest BCUT2D eigenvalue weighted by Gasteiger charge is 2.13. The van der Waals surface area contributed by atoms with Crippen LogP contribution in [0.5, 0.6) is 0 Å². The molecule has 0 amide bonds. The van der Waals surface area contributed by atoms with Gasteiger partial charge in [-0.15, -0.1) is 11.8 Å². The second-order valence-corrected chi connectivity index (χ2v) is 6.16. The standard InChI is InChI=1S/C15H14Cl2OS/c1-10-4-2-3-5-15(10)19-9-14(18)12-8-11(16)6-7-13(12)17/h2-8,14,18H,9H2,1H3. The van der Waals surface area contributed by atoms with Crippen molar-refractivity contribution in [2.24, 2.45) is 0 Å². The molecule has 1 nitrogen and oxygen atoms in total. The monoisotopic (exact) mass is 312 g/mol. The van der Waals surface area contributed by atoms with Crippen LogP contribution in [-0.4, -0.2) is 10.9 Å². The largest absolute Gasteiger partial charge is 0.387 e. The minimum Gasteiger partial charge on any atom is -0.387 e. The first-order valence-corrected chi connectivity index (χ1v) is 7.63. The Bertz CT molecular complexity index is 572. The molecule has 0 aromatic heterocycles. The molecule has 2 aromatic carbocycles. The van der Waals surface area contributed by atoms with Gasteiger partial charge in [-0.05, 0) is 36.8 Å². The molecule has 1 N–H and O–H groups in total. The van der Waals surface area contributed by atoms with E-state index in [1.165, 1.54) is 10.5 Å². The van der Waals surface area contributed by atoms with Gasteiger partial charge in [-0.25, -0.2) is 0 Å². The first-order valence-electron chi connectivity index (χ1n) is 5.89. The zero-order chi connectivity index (χ0) is 13.8. The fraction of sp³-hybridized carbons (Fsp3) is 0.200. The summed E-state index contributed by atoms with van der Waals surface area (Å²) in [5, 5.41) is 11.3. The van der Waals surface area contributed by atoms with Crippen LogP contribution in [0.25, 0.3) is 0 Å². The number of aliphatic hydroxyl groups is 1. The Labute approximate surface area is 127 Å². The van der Waals surface area contributed by atoms with Crippen LogP contribution in [0.1, 0.15) is 17.2 Å². The molecule has 0 saturated carbocycles. The van der Waals surface area contributed by atoms with E-state index in [9.17, 15) is 5.11 Å². The van der Waals surface area contributed by atoms with Crippen LogP contribution >= 0.6 is 35.0 Å². The second kappa shape index (κ2) is 6.67. The number of hydrogen-bond acceptors (Lipinski definition) is 2. The number of benzene rings is 2. The molecule has 2 rings (SSSR count). The molecule has 19 heavy (non-hydrogen) atoms. The lowest BCUT2D eigenvalue weighted by Crippen LogP contribution is -2.01. The summed E-state index contributed by atoms with van der Waals surface area (Å²) in [7, 11) is 0. The lowest BCUT2D eigenvalue weighted by atomic mass is 10.1. The number of aliphatic hydroxyl groups excluding tert-OH is 1. The van der Waals surface area contributed by atoms with E-state index in [0.717, 1.165) is 0 Å². The molecule has 2 aromatic rings. The van der Waals surface area contributed by atoms with E-state index in [4.69, 9.17) is 23.2 Å². The maximum atomic E-state index is 10.2. The van der Waals surface area contributed by atoms with Gasteiger partial charge < -0.3 is 5.11 Å². The van der Waals surface area contributed by atoms with Gasteiger partial charge in [-0.2, -0.15) is 0 Å². The maximum Gasteiger partial charge on any atom is 0.0898 e. The minimum atomic E-state index is -0.629. The van der Waals surface area contributed by atoms with Crippen LogP contribution < -0.4 is 0 Å². The molecule has 1 unspecified atom stereocenters. The minimum absolute atomic E-state index is 0.544. The van der Waals surface area contributed by atoms with Crippen LogP contribution in [0.3, 0.4) is 0 Å². The van der Waals surface area contributed by atoms with Crippen LogP contribution in [0.2, 0.25) is 10.0 Å². The Morgan fingerprint density at radius 2 is 1.89 bits per heavy atom. The first-order chi connectivity index (χ1) is 9.08. The van der Waals surface area contributed by atoms with Crippen molar-refractivity contribution >= 4 is 35.0 Å². The van der Waals surface area contributed by atoms with Crippen molar-refractivity contribution in [3.05, 3.63) is 63.6 Å². The van der Waals surface area contributed by atoms with E-state index in [1.807, 2.05) is 18.2 Å². The molecule has 0 aliphatic rings. The molecule has 1 atom stereocenters. The zero-order valence-electron chi connectivity index (χ0n) is 10.4. The van der Waals surface area contributed by atoms with Crippen molar-refractivity contribution in [2.45, 2.75) is 17.9 Å². The Kier molecular flexibility index (Phi) is 5.17. The highest BCUT2D eigenvalue weighted by molar-refractivity contribution is 7.99. The Balaban J connectivity index is 2.07. The van der Waals surface area contributed by atoms with Gasteiger partial charge in [0.25, 0.3) is 0 Å². The third-order valence-corrected chi connectivity index (χ3v) is 4.64.